The highest BCUT2D eigenvalue weighted by molar-refractivity contribution is 5.80. The minimum atomic E-state index is -0.0892. The van der Waals surface area contributed by atoms with Crippen LogP contribution in [0.2, 0.25) is 0 Å². The van der Waals surface area contributed by atoms with Gasteiger partial charge < -0.3 is 14.5 Å². The van der Waals surface area contributed by atoms with Gasteiger partial charge in [0, 0.05) is 19.0 Å². The van der Waals surface area contributed by atoms with Gasteiger partial charge in [-0.3, -0.25) is 4.79 Å². The van der Waals surface area contributed by atoms with Crippen LogP contribution in [0.3, 0.4) is 0 Å². The summed E-state index contributed by atoms with van der Waals surface area (Å²) < 4.78 is 7.57. The van der Waals surface area contributed by atoms with Crippen LogP contribution >= 0.6 is 0 Å². The minimum Gasteiger partial charge on any atom is -0.369 e. The Bertz CT molecular complexity index is 1050. The number of carbonyl (C=O) groups excluding carboxylic acids is 1. The Morgan fingerprint density at radius 3 is 2.61 bits per heavy atom. The van der Waals surface area contributed by atoms with Gasteiger partial charge in [0.1, 0.15) is 6.10 Å². The first-order valence-corrected chi connectivity index (χ1v) is 10.9. The number of anilines is 1. The Morgan fingerprint density at radius 1 is 1.06 bits per heavy atom. The molecule has 4 heterocycles. The molecule has 31 heavy (non-hydrogen) atoms. The molecule has 5 rings (SSSR count). The molecule has 2 fully saturated rings. The second-order valence-electron chi connectivity index (χ2n) is 8.48. The number of fused-ring (bicyclic) bond motifs is 1. The molecule has 3 aromatic rings. The van der Waals surface area contributed by atoms with Crippen LogP contribution < -0.4 is 4.90 Å². The lowest BCUT2D eigenvalue weighted by atomic mass is 9.91. The fraction of sp³-hybridized carbons (Fsp3) is 0.500. The molecular weight excluding hydrogens is 394 g/mol. The van der Waals surface area contributed by atoms with E-state index in [9.17, 15) is 4.79 Å². The molecule has 0 aliphatic carbocycles. The third-order valence-corrected chi connectivity index (χ3v) is 6.48. The van der Waals surface area contributed by atoms with Crippen molar-refractivity contribution in [1.29, 1.82) is 0 Å². The molecule has 1 aromatic carbocycles. The van der Waals surface area contributed by atoms with E-state index in [1.807, 2.05) is 30.3 Å². The number of carbonyl (C=O) groups is 1. The van der Waals surface area contributed by atoms with Crippen molar-refractivity contribution in [3.05, 3.63) is 48.0 Å². The molecule has 2 aliphatic heterocycles. The topological polar surface area (TPSA) is 88.8 Å². The second-order valence-corrected chi connectivity index (χ2v) is 8.48. The van der Waals surface area contributed by atoms with Gasteiger partial charge in [-0.05, 0) is 54.8 Å². The zero-order valence-electron chi connectivity index (χ0n) is 17.8. The number of rotatable bonds is 3. The Labute approximate surface area is 181 Å². The van der Waals surface area contributed by atoms with E-state index >= 15 is 0 Å². The van der Waals surface area contributed by atoms with Crippen LogP contribution in [-0.4, -0.2) is 67.8 Å². The summed E-state index contributed by atoms with van der Waals surface area (Å²) in [6.07, 6.45) is 1.52. The summed E-state index contributed by atoms with van der Waals surface area (Å²) in [6, 6.07) is 14.1. The van der Waals surface area contributed by atoms with E-state index in [-0.39, 0.29) is 30.0 Å². The molecule has 9 heteroatoms. The summed E-state index contributed by atoms with van der Waals surface area (Å²) in [5, 5.41) is 15.9. The highest BCUT2D eigenvalue weighted by Crippen LogP contribution is 2.33. The first-order chi connectivity index (χ1) is 15.1. The van der Waals surface area contributed by atoms with Crippen LogP contribution in [0.25, 0.3) is 5.65 Å². The third-order valence-electron chi connectivity index (χ3n) is 6.48. The quantitative estimate of drug-likeness (QED) is 0.640. The third kappa shape index (κ3) is 3.74. The van der Waals surface area contributed by atoms with Crippen LogP contribution in [-0.2, 0) is 9.53 Å². The zero-order valence-corrected chi connectivity index (χ0v) is 17.8. The van der Waals surface area contributed by atoms with Crippen molar-refractivity contribution in [2.45, 2.75) is 44.9 Å². The first kappa shape index (κ1) is 19.9. The van der Waals surface area contributed by atoms with Crippen LogP contribution in [0.4, 0.5) is 5.82 Å². The Balaban J connectivity index is 1.26. The lowest BCUT2D eigenvalue weighted by molar-refractivity contribution is -0.158. The number of piperidine rings is 1. The maximum atomic E-state index is 13.5. The van der Waals surface area contributed by atoms with Gasteiger partial charge in [0.2, 0.25) is 5.91 Å². The monoisotopic (exact) mass is 421 g/mol. The molecule has 3 atom stereocenters. The average Bonchev–Trinajstić information content (AvgIpc) is 3.28. The molecule has 2 aliphatic rings. The van der Waals surface area contributed by atoms with Crippen molar-refractivity contribution >= 4 is 17.4 Å². The lowest BCUT2D eigenvalue weighted by Gasteiger charge is -2.46. The number of hydrogen-bond donors (Lipinski definition) is 0. The summed E-state index contributed by atoms with van der Waals surface area (Å²) >= 11 is 0. The molecule has 0 radical (unpaired) electrons. The summed E-state index contributed by atoms with van der Waals surface area (Å²) in [5.74, 6) is 1.10. The molecule has 0 N–H and O–H groups in total. The standard InChI is InChI=1S/C22H27N7O2/c1-15-14-31-21(17-6-4-3-5-7-17)16(2)28(15)22(30)18-10-12-27(13-11-18)20-9-8-19-23-25-26-29(19)24-20/h3-9,15-16,18,21H,10-14H2,1-2H3. The van der Waals surface area contributed by atoms with Crippen molar-refractivity contribution in [1.82, 2.24) is 30.2 Å². The second kappa shape index (κ2) is 8.22. The lowest BCUT2D eigenvalue weighted by Crippen LogP contribution is -2.56. The van der Waals surface area contributed by atoms with Crippen LogP contribution in [0, 0.1) is 5.92 Å². The summed E-state index contributed by atoms with van der Waals surface area (Å²) in [6.45, 7) is 6.31. The summed E-state index contributed by atoms with van der Waals surface area (Å²) in [7, 11) is 0. The van der Waals surface area contributed by atoms with E-state index in [0.717, 1.165) is 37.3 Å². The van der Waals surface area contributed by atoms with Crippen molar-refractivity contribution in [3.63, 3.8) is 0 Å². The number of hydrogen-bond acceptors (Lipinski definition) is 7. The van der Waals surface area contributed by atoms with Crippen molar-refractivity contribution in [2.75, 3.05) is 24.6 Å². The maximum absolute atomic E-state index is 13.5. The Kier molecular flexibility index (Phi) is 5.27. The number of nitrogens with zero attached hydrogens (tertiary/aromatic N) is 7. The Morgan fingerprint density at radius 2 is 1.84 bits per heavy atom. The average molecular weight is 422 g/mol. The molecule has 9 nitrogen and oxygen atoms in total. The smallest absolute Gasteiger partial charge is 0.226 e. The predicted octanol–water partition coefficient (Wildman–Crippen LogP) is 2.11. The summed E-state index contributed by atoms with van der Waals surface area (Å²) in [5.41, 5.74) is 1.75. The highest BCUT2D eigenvalue weighted by atomic mass is 16.5. The fourth-order valence-corrected chi connectivity index (χ4v) is 4.82. The maximum Gasteiger partial charge on any atom is 0.226 e. The number of aromatic nitrogens is 5. The van der Waals surface area contributed by atoms with Gasteiger partial charge >= 0.3 is 0 Å². The molecule has 3 unspecified atom stereocenters. The minimum absolute atomic E-state index is 0.000527. The SMILES string of the molecule is CC1COC(c2ccccc2)C(C)N1C(=O)C1CCN(c2ccc3nnnn3n2)CC1. The van der Waals surface area contributed by atoms with E-state index in [4.69, 9.17) is 4.74 Å². The van der Waals surface area contributed by atoms with Crippen molar-refractivity contribution in [3.8, 4) is 0 Å². The van der Waals surface area contributed by atoms with Gasteiger partial charge in [0.05, 0.1) is 18.7 Å². The first-order valence-electron chi connectivity index (χ1n) is 10.9. The highest BCUT2D eigenvalue weighted by Gasteiger charge is 2.40. The zero-order chi connectivity index (χ0) is 21.4. The number of ether oxygens (including phenoxy) is 1. The molecular formula is C22H27N7O2. The van der Waals surface area contributed by atoms with E-state index in [2.05, 4.69) is 56.4 Å². The number of amides is 1. The van der Waals surface area contributed by atoms with Crippen LogP contribution in [0.1, 0.15) is 38.4 Å². The molecule has 0 bridgehead atoms. The number of morpholine rings is 1. The fourth-order valence-electron chi connectivity index (χ4n) is 4.82. The van der Waals surface area contributed by atoms with E-state index in [1.165, 1.54) is 4.63 Å². The van der Waals surface area contributed by atoms with Crippen LogP contribution in [0.5, 0.6) is 0 Å². The van der Waals surface area contributed by atoms with Gasteiger partial charge in [0.25, 0.3) is 0 Å². The molecule has 162 valence electrons. The summed E-state index contributed by atoms with van der Waals surface area (Å²) in [4.78, 5) is 17.8. The molecule has 1 amide bonds. The van der Waals surface area contributed by atoms with Gasteiger partial charge in [-0.25, -0.2) is 0 Å². The van der Waals surface area contributed by atoms with E-state index in [1.54, 1.807) is 0 Å². The van der Waals surface area contributed by atoms with Crippen molar-refractivity contribution in [2.24, 2.45) is 5.92 Å². The number of benzene rings is 1. The van der Waals surface area contributed by atoms with Gasteiger partial charge in [-0.1, -0.05) is 30.3 Å². The van der Waals surface area contributed by atoms with Gasteiger partial charge in [-0.2, -0.15) is 0 Å². The van der Waals surface area contributed by atoms with E-state index < -0.39 is 0 Å². The van der Waals surface area contributed by atoms with Crippen LogP contribution in [0.15, 0.2) is 42.5 Å². The predicted molar refractivity (Wildman–Crippen MR) is 114 cm³/mol. The Hall–Kier alpha value is -3.07. The molecule has 0 spiro atoms. The normalized spacial score (nSPS) is 25.2. The molecule has 0 saturated carbocycles. The molecule has 2 saturated heterocycles. The molecule has 2 aromatic heterocycles. The van der Waals surface area contributed by atoms with Gasteiger partial charge in [-0.15, -0.1) is 14.8 Å². The largest absolute Gasteiger partial charge is 0.369 e. The van der Waals surface area contributed by atoms with Gasteiger partial charge in [0.15, 0.2) is 11.5 Å². The van der Waals surface area contributed by atoms with Crippen molar-refractivity contribution < 1.29 is 9.53 Å². The van der Waals surface area contributed by atoms with E-state index in [0.29, 0.717) is 12.3 Å². The number of tetrazole rings is 1.